The fourth-order valence-corrected chi connectivity index (χ4v) is 2.35. The van der Waals surface area contributed by atoms with Crippen LogP contribution < -0.4 is 10.6 Å². The minimum atomic E-state index is 0.00466. The van der Waals surface area contributed by atoms with Crippen LogP contribution in [0.15, 0.2) is 53.0 Å². The van der Waals surface area contributed by atoms with Gasteiger partial charge in [0, 0.05) is 17.6 Å². The van der Waals surface area contributed by atoms with E-state index in [1.807, 2.05) is 30.3 Å². The van der Waals surface area contributed by atoms with Crippen molar-refractivity contribution >= 4 is 21.8 Å². The lowest BCUT2D eigenvalue weighted by atomic mass is 10.1. The molecule has 0 saturated carbocycles. The topological polar surface area (TPSA) is 41.1 Å². The third kappa shape index (κ3) is 5.33. The van der Waals surface area contributed by atoms with Crippen molar-refractivity contribution in [3.05, 3.63) is 69.7 Å². The van der Waals surface area contributed by atoms with Gasteiger partial charge in [0.1, 0.15) is 0 Å². The summed E-state index contributed by atoms with van der Waals surface area (Å²) >= 11 is 3.51. The molecule has 0 atom stereocenters. The van der Waals surface area contributed by atoms with Gasteiger partial charge < -0.3 is 10.6 Å². The zero-order valence-corrected chi connectivity index (χ0v) is 13.6. The quantitative estimate of drug-likeness (QED) is 0.843. The molecule has 3 nitrogen and oxygen atoms in total. The third-order valence-electron chi connectivity index (χ3n) is 3.18. The van der Waals surface area contributed by atoms with E-state index in [9.17, 15) is 4.79 Å². The molecule has 110 valence electrons. The Balaban J connectivity index is 1.70. The van der Waals surface area contributed by atoms with Crippen molar-refractivity contribution in [3.8, 4) is 0 Å². The van der Waals surface area contributed by atoms with Gasteiger partial charge >= 0.3 is 0 Å². The third-order valence-corrected chi connectivity index (χ3v) is 4.04. The maximum atomic E-state index is 11.7. The first-order valence-electron chi connectivity index (χ1n) is 6.91. The van der Waals surface area contributed by atoms with E-state index in [0.717, 1.165) is 15.6 Å². The van der Waals surface area contributed by atoms with Crippen molar-refractivity contribution in [2.24, 2.45) is 0 Å². The van der Waals surface area contributed by atoms with Gasteiger partial charge in [-0.3, -0.25) is 4.79 Å². The molecule has 2 aromatic carbocycles. The van der Waals surface area contributed by atoms with Gasteiger partial charge in [-0.15, -0.1) is 0 Å². The highest BCUT2D eigenvalue weighted by Gasteiger charge is 2.02. The Bertz CT molecular complexity index is 599. The molecule has 0 aromatic heterocycles. The lowest BCUT2D eigenvalue weighted by molar-refractivity contribution is -0.120. The van der Waals surface area contributed by atoms with Crippen LogP contribution >= 0.6 is 15.9 Å². The molecule has 2 rings (SSSR count). The second kappa shape index (κ2) is 7.96. The van der Waals surface area contributed by atoms with Crippen molar-refractivity contribution in [1.82, 2.24) is 10.6 Å². The molecule has 0 aliphatic rings. The van der Waals surface area contributed by atoms with Crippen molar-refractivity contribution in [2.45, 2.75) is 20.0 Å². The Morgan fingerprint density at radius 1 is 1.05 bits per heavy atom. The molecule has 2 N–H and O–H groups in total. The predicted molar refractivity (Wildman–Crippen MR) is 88.9 cm³/mol. The highest BCUT2D eigenvalue weighted by molar-refractivity contribution is 9.10. The van der Waals surface area contributed by atoms with Crippen LogP contribution in [0.4, 0.5) is 0 Å². The molecule has 0 aliphatic heterocycles. The second-order valence-corrected chi connectivity index (χ2v) is 5.80. The smallest absolute Gasteiger partial charge is 0.234 e. The summed E-state index contributed by atoms with van der Waals surface area (Å²) in [6, 6.07) is 16.1. The van der Waals surface area contributed by atoms with E-state index in [4.69, 9.17) is 0 Å². The minimum Gasteiger partial charge on any atom is -0.351 e. The molecule has 0 saturated heterocycles. The van der Waals surface area contributed by atoms with Crippen LogP contribution in [0.25, 0.3) is 0 Å². The summed E-state index contributed by atoms with van der Waals surface area (Å²) in [6.45, 7) is 3.62. The summed E-state index contributed by atoms with van der Waals surface area (Å²) in [6.07, 6.45) is 0. The first kappa shape index (κ1) is 15.7. The molecular formula is C17H19BrN2O. The Hall–Kier alpha value is -1.65. The van der Waals surface area contributed by atoms with Crippen LogP contribution in [-0.4, -0.2) is 12.5 Å². The fraction of sp³-hybridized carbons (Fsp3) is 0.235. The van der Waals surface area contributed by atoms with E-state index in [1.54, 1.807) is 0 Å². The van der Waals surface area contributed by atoms with Gasteiger partial charge in [0.25, 0.3) is 0 Å². The summed E-state index contributed by atoms with van der Waals surface area (Å²) < 4.78 is 1.09. The maximum absolute atomic E-state index is 11.7. The summed E-state index contributed by atoms with van der Waals surface area (Å²) in [7, 11) is 0. The van der Waals surface area contributed by atoms with E-state index >= 15 is 0 Å². The number of aryl methyl sites for hydroxylation is 1. The van der Waals surface area contributed by atoms with Crippen LogP contribution in [0.2, 0.25) is 0 Å². The molecule has 4 heteroatoms. The number of carbonyl (C=O) groups is 1. The van der Waals surface area contributed by atoms with Crippen LogP contribution in [0, 0.1) is 6.92 Å². The van der Waals surface area contributed by atoms with E-state index < -0.39 is 0 Å². The van der Waals surface area contributed by atoms with Crippen LogP contribution in [0.5, 0.6) is 0 Å². The molecule has 0 bridgehead atoms. The van der Waals surface area contributed by atoms with Gasteiger partial charge in [-0.1, -0.05) is 58.4 Å². The minimum absolute atomic E-state index is 0.00466. The SMILES string of the molecule is Cc1ccc(CNCC(=O)NCc2ccccc2)cc1Br. The van der Waals surface area contributed by atoms with E-state index in [0.29, 0.717) is 19.6 Å². The second-order valence-electron chi connectivity index (χ2n) is 4.95. The van der Waals surface area contributed by atoms with Crippen molar-refractivity contribution in [2.75, 3.05) is 6.54 Å². The number of hydrogen-bond acceptors (Lipinski definition) is 2. The molecule has 1 amide bonds. The number of benzene rings is 2. The molecule has 21 heavy (non-hydrogen) atoms. The Labute approximate surface area is 133 Å². The normalized spacial score (nSPS) is 10.4. The average molecular weight is 347 g/mol. The van der Waals surface area contributed by atoms with Crippen LogP contribution in [-0.2, 0) is 17.9 Å². The molecule has 0 fully saturated rings. The number of rotatable bonds is 6. The molecule has 0 radical (unpaired) electrons. The van der Waals surface area contributed by atoms with Crippen LogP contribution in [0.3, 0.4) is 0 Å². The zero-order valence-electron chi connectivity index (χ0n) is 12.0. The van der Waals surface area contributed by atoms with Crippen molar-refractivity contribution in [1.29, 1.82) is 0 Å². The highest BCUT2D eigenvalue weighted by atomic mass is 79.9. The first-order valence-corrected chi connectivity index (χ1v) is 7.71. The maximum Gasteiger partial charge on any atom is 0.234 e. The number of amides is 1. The summed E-state index contributed by atoms with van der Waals surface area (Å²) in [5.74, 6) is 0.00466. The molecule has 0 unspecified atom stereocenters. The van der Waals surface area contributed by atoms with Gasteiger partial charge in [0.15, 0.2) is 0 Å². The van der Waals surface area contributed by atoms with Gasteiger partial charge in [-0.25, -0.2) is 0 Å². The standard InChI is InChI=1S/C17H19BrN2O/c1-13-7-8-15(9-16(13)18)10-19-12-17(21)20-11-14-5-3-2-4-6-14/h2-9,19H,10-12H2,1H3,(H,20,21). The van der Waals surface area contributed by atoms with E-state index in [-0.39, 0.29) is 5.91 Å². The molecule has 0 heterocycles. The Morgan fingerprint density at radius 2 is 1.81 bits per heavy atom. The van der Waals surface area contributed by atoms with Crippen molar-refractivity contribution < 1.29 is 4.79 Å². The largest absolute Gasteiger partial charge is 0.351 e. The Morgan fingerprint density at radius 3 is 2.52 bits per heavy atom. The summed E-state index contributed by atoms with van der Waals surface area (Å²) in [5.41, 5.74) is 3.47. The highest BCUT2D eigenvalue weighted by Crippen LogP contribution is 2.17. The summed E-state index contributed by atoms with van der Waals surface area (Å²) in [5, 5.41) is 6.05. The number of halogens is 1. The lowest BCUT2D eigenvalue weighted by Gasteiger charge is -2.08. The van der Waals surface area contributed by atoms with Crippen molar-refractivity contribution in [3.63, 3.8) is 0 Å². The lowest BCUT2D eigenvalue weighted by Crippen LogP contribution is -2.33. The van der Waals surface area contributed by atoms with E-state index in [1.165, 1.54) is 5.56 Å². The average Bonchev–Trinajstić information content (AvgIpc) is 2.50. The number of hydrogen-bond donors (Lipinski definition) is 2. The zero-order chi connectivity index (χ0) is 15.1. The monoisotopic (exact) mass is 346 g/mol. The van der Waals surface area contributed by atoms with Gasteiger partial charge in [-0.2, -0.15) is 0 Å². The predicted octanol–water partition coefficient (Wildman–Crippen LogP) is 3.16. The number of carbonyl (C=O) groups excluding carboxylic acids is 1. The summed E-state index contributed by atoms with van der Waals surface area (Å²) in [4.78, 5) is 11.7. The van der Waals surface area contributed by atoms with Gasteiger partial charge in [-0.05, 0) is 29.7 Å². The number of nitrogens with one attached hydrogen (secondary N) is 2. The molecule has 2 aromatic rings. The molecular weight excluding hydrogens is 328 g/mol. The Kier molecular flexibility index (Phi) is 5.96. The molecule has 0 aliphatic carbocycles. The fourth-order valence-electron chi connectivity index (χ4n) is 1.93. The first-order chi connectivity index (χ1) is 10.1. The molecule has 0 spiro atoms. The van der Waals surface area contributed by atoms with Crippen LogP contribution in [0.1, 0.15) is 16.7 Å². The van der Waals surface area contributed by atoms with Gasteiger partial charge in [0.2, 0.25) is 5.91 Å². The van der Waals surface area contributed by atoms with Gasteiger partial charge in [0.05, 0.1) is 6.54 Å². The van der Waals surface area contributed by atoms with E-state index in [2.05, 4.69) is 51.7 Å².